The second-order valence-corrected chi connectivity index (χ2v) is 4.92. The first-order valence-electron chi connectivity index (χ1n) is 6.68. The molecule has 1 aliphatic heterocycles. The number of nitrogens with zero attached hydrogens (tertiary/aromatic N) is 1. The Bertz CT molecular complexity index is 433. The van der Waals surface area contributed by atoms with Crippen molar-refractivity contribution in [3.8, 4) is 5.75 Å². The van der Waals surface area contributed by atoms with Crippen molar-refractivity contribution >= 4 is 11.7 Å². The highest BCUT2D eigenvalue weighted by Crippen LogP contribution is 2.28. The van der Waals surface area contributed by atoms with Crippen molar-refractivity contribution in [1.29, 1.82) is 0 Å². The van der Waals surface area contributed by atoms with Crippen LogP contribution in [0.2, 0.25) is 0 Å². The monoisotopic (exact) mass is 263 g/mol. The molecule has 0 aliphatic carbocycles. The Morgan fingerprint density at radius 2 is 2.26 bits per heavy atom. The Labute approximate surface area is 114 Å². The van der Waals surface area contributed by atoms with Gasteiger partial charge in [0.1, 0.15) is 5.75 Å². The maximum Gasteiger partial charge on any atom is 0.305 e. The SMILES string of the molecule is COC(=O)CCC1CCN(c2cccc(OC)c2)C1. The summed E-state index contributed by atoms with van der Waals surface area (Å²) < 4.78 is 9.93. The highest BCUT2D eigenvalue weighted by atomic mass is 16.5. The van der Waals surface area contributed by atoms with Crippen LogP contribution in [-0.2, 0) is 9.53 Å². The second kappa shape index (κ2) is 6.45. The molecule has 0 aromatic heterocycles. The fraction of sp³-hybridized carbons (Fsp3) is 0.533. The molecule has 0 bridgehead atoms. The Morgan fingerprint density at radius 3 is 3.00 bits per heavy atom. The third kappa shape index (κ3) is 3.63. The molecule has 0 saturated carbocycles. The molecule has 104 valence electrons. The number of methoxy groups -OCH3 is 2. The number of carbonyl (C=O) groups is 1. The number of carbonyl (C=O) groups excluding carboxylic acids is 1. The van der Waals surface area contributed by atoms with Crippen LogP contribution in [-0.4, -0.2) is 33.3 Å². The van der Waals surface area contributed by atoms with Crippen LogP contribution in [0.3, 0.4) is 0 Å². The minimum atomic E-state index is -0.111. The van der Waals surface area contributed by atoms with Gasteiger partial charge in [-0.1, -0.05) is 6.07 Å². The predicted octanol–water partition coefficient (Wildman–Crippen LogP) is 2.47. The van der Waals surface area contributed by atoms with E-state index in [2.05, 4.69) is 21.8 Å². The zero-order valence-corrected chi connectivity index (χ0v) is 11.6. The predicted molar refractivity (Wildman–Crippen MR) is 74.6 cm³/mol. The number of hydrogen-bond acceptors (Lipinski definition) is 4. The van der Waals surface area contributed by atoms with E-state index in [1.165, 1.54) is 12.8 Å². The third-order valence-electron chi connectivity index (χ3n) is 3.69. The summed E-state index contributed by atoms with van der Waals surface area (Å²) in [5, 5.41) is 0. The zero-order chi connectivity index (χ0) is 13.7. The molecule has 2 rings (SSSR count). The van der Waals surface area contributed by atoms with E-state index in [1.807, 2.05) is 12.1 Å². The van der Waals surface area contributed by atoms with E-state index in [-0.39, 0.29) is 5.97 Å². The van der Waals surface area contributed by atoms with E-state index in [0.29, 0.717) is 12.3 Å². The molecule has 1 atom stereocenters. The van der Waals surface area contributed by atoms with E-state index in [9.17, 15) is 4.79 Å². The van der Waals surface area contributed by atoms with Crippen LogP contribution in [0.1, 0.15) is 19.3 Å². The molecule has 0 amide bonds. The molecular formula is C15H21NO3. The second-order valence-electron chi connectivity index (χ2n) is 4.92. The first-order chi connectivity index (χ1) is 9.22. The average Bonchev–Trinajstić information content (AvgIpc) is 2.93. The lowest BCUT2D eigenvalue weighted by atomic mass is 10.0. The van der Waals surface area contributed by atoms with Crippen molar-refractivity contribution in [2.75, 3.05) is 32.2 Å². The van der Waals surface area contributed by atoms with Crippen molar-refractivity contribution in [1.82, 2.24) is 0 Å². The molecule has 1 saturated heterocycles. The van der Waals surface area contributed by atoms with E-state index >= 15 is 0 Å². The molecule has 1 aromatic carbocycles. The van der Waals surface area contributed by atoms with Crippen LogP contribution in [0.25, 0.3) is 0 Å². The molecule has 4 nitrogen and oxygen atoms in total. The first-order valence-corrected chi connectivity index (χ1v) is 6.68. The third-order valence-corrected chi connectivity index (χ3v) is 3.69. The van der Waals surface area contributed by atoms with Crippen molar-refractivity contribution < 1.29 is 14.3 Å². The van der Waals surface area contributed by atoms with Crippen LogP contribution in [0.15, 0.2) is 24.3 Å². The summed E-state index contributed by atoms with van der Waals surface area (Å²) in [4.78, 5) is 13.5. The number of ether oxygens (including phenoxy) is 2. The molecule has 19 heavy (non-hydrogen) atoms. The summed E-state index contributed by atoms with van der Waals surface area (Å²) in [5.74, 6) is 1.35. The molecule has 0 N–H and O–H groups in total. The molecule has 1 aromatic rings. The standard InChI is InChI=1S/C15H21NO3/c1-18-14-5-3-4-13(10-14)16-9-8-12(11-16)6-7-15(17)19-2/h3-5,10,12H,6-9,11H2,1-2H3. The maximum atomic E-state index is 11.2. The molecule has 0 radical (unpaired) electrons. The van der Waals surface area contributed by atoms with Crippen LogP contribution in [0, 0.1) is 5.92 Å². The smallest absolute Gasteiger partial charge is 0.305 e. The lowest BCUT2D eigenvalue weighted by Crippen LogP contribution is -2.19. The number of anilines is 1. The maximum absolute atomic E-state index is 11.2. The quantitative estimate of drug-likeness (QED) is 0.765. The van der Waals surface area contributed by atoms with Gasteiger partial charge in [0.05, 0.1) is 14.2 Å². The largest absolute Gasteiger partial charge is 0.497 e. The van der Waals surface area contributed by atoms with E-state index in [1.54, 1.807) is 7.11 Å². The molecule has 1 fully saturated rings. The van der Waals surface area contributed by atoms with Gasteiger partial charge >= 0.3 is 5.97 Å². The summed E-state index contributed by atoms with van der Waals surface area (Å²) in [7, 11) is 3.13. The van der Waals surface area contributed by atoms with Gasteiger partial charge in [-0.3, -0.25) is 4.79 Å². The summed E-state index contributed by atoms with van der Waals surface area (Å²) in [5.41, 5.74) is 1.19. The minimum Gasteiger partial charge on any atom is -0.497 e. The van der Waals surface area contributed by atoms with Crippen LogP contribution in [0.5, 0.6) is 5.75 Å². The molecular weight excluding hydrogens is 242 g/mol. The van der Waals surface area contributed by atoms with Gasteiger partial charge in [0.2, 0.25) is 0 Å². The summed E-state index contributed by atoms with van der Waals surface area (Å²) in [6.07, 6.45) is 2.56. The zero-order valence-electron chi connectivity index (χ0n) is 11.6. The van der Waals surface area contributed by atoms with Gasteiger partial charge in [0, 0.05) is 31.3 Å². The first kappa shape index (κ1) is 13.7. The van der Waals surface area contributed by atoms with Gasteiger partial charge in [-0.25, -0.2) is 0 Å². The minimum absolute atomic E-state index is 0.111. The van der Waals surface area contributed by atoms with Gasteiger partial charge in [-0.2, -0.15) is 0 Å². The summed E-state index contributed by atoms with van der Waals surface area (Å²) in [6, 6.07) is 8.12. The summed E-state index contributed by atoms with van der Waals surface area (Å²) in [6.45, 7) is 2.04. The van der Waals surface area contributed by atoms with Crippen molar-refractivity contribution in [2.24, 2.45) is 5.92 Å². The normalized spacial score (nSPS) is 18.4. The van der Waals surface area contributed by atoms with Gasteiger partial charge < -0.3 is 14.4 Å². The van der Waals surface area contributed by atoms with Crippen LogP contribution >= 0.6 is 0 Å². The van der Waals surface area contributed by atoms with Crippen molar-refractivity contribution in [3.05, 3.63) is 24.3 Å². The van der Waals surface area contributed by atoms with Gasteiger partial charge in [-0.15, -0.1) is 0 Å². The highest BCUT2D eigenvalue weighted by Gasteiger charge is 2.23. The van der Waals surface area contributed by atoms with Crippen molar-refractivity contribution in [3.63, 3.8) is 0 Å². The molecule has 1 aliphatic rings. The van der Waals surface area contributed by atoms with Crippen LogP contribution in [0.4, 0.5) is 5.69 Å². The molecule has 4 heteroatoms. The van der Waals surface area contributed by atoms with E-state index in [4.69, 9.17) is 4.74 Å². The van der Waals surface area contributed by atoms with Gasteiger partial charge in [-0.05, 0) is 30.9 Å². The Hall–Kier alpha value is -1.71. The summed E-state index contributed by atoms with van der Waals surface area (Å²) >= 11 is 0. The number of rotatable bonds is 5. The lowest BCUT2D eigenvalue weighted by Gasteiger charge is -2.19. The Kier molecular flexibility index (Phi) is 4.66. The highest BCUT2D eigenvalue weighted by molar-refractivity contribution is 5.69. The topological polar surface area (TPSA) is 38.8 Å². The molecule has 0 spiro atoms. The molecule has 1 heterocycles. The van der Waals surface area contributed by atoms with Gasteiger partial charge in [0.15, 0.2) is 0 Å². The number of hydrogen-bond donors (Lipinski definition) is 0. The number of benzene rings is 1. The van der Waals surface area contributed by atoms with E-state index in [0.717, 1.165) is 31.7 Å². The molecule has 1 unspecified atom stereocenters. The Morgan fingerprint density at radius 1 is 1.42 bits per heavy atom. The fourth-order valence-corrected chi connectivity index (χ4v) is 2.53. The van der Waals surface area contributed by atoms with Crippen molar-refractivity contribution in [2.45, 2.75) is 19.3 Å². The van der Waals surface area contributed by atoms with Gasteiger partial charge in [0.25, 0.3) is 0 Å². The fourth-order valence-electron chi connectivity index (χ4n) is 2.53. The average molecular weight is 263 g/mol. The lowest BCUT2D eigenvalue weighted by molar-refractivity contribution is -0.140. The van der Waals surface area contributed by atoms with E-state index < -0.39 is 0 Å². The Balaban J connectivity index is 1.88. The van der Waals surface area contributed by atoms with Crippen LogP contribution < -0.4 is 9.64 Å². The number of esters is 1.